The van der Waals surface area contributed by atoms with Crippen molar-refractivity contribution >= 4 is 22.7 Å². The SMILES string of the molecule is COc1ccc(C2=C(Cl)[CH]CC=C2c2ccc(C)cc2)cc1. The Balaban J connectivity index is 2.05. The van der Waals surface area contributed by atoms with Crippen LogP contribution >= 0.6 is 11.6 Å². The van der Waals surface area contributed by atoms with Crippen LogP contribution in [0.25, 0.3) is 11.1 Å². The van der Waals surface area contributed by atoms with Gasteiger partial charge in [0.05, 0.1) is 7.11 Å². The summed E-state index contributed by atoms with van der Waals surface area (Å²) in [5.74, 6) is 0.848. The van der Waals surface area contributed by atoms with Gasteiger partial charge < -0.3 is 4.74 Å². The van der Waals surface area contributed by atoms with Crippen LogP contribution in [0.5, 0.6) is 5.75 Å². The number of benzene rings is 2. The Labute approximate surface area is 136 Å². The number of ether oxygens (including phenoxy) is 1. The van der Waals surface area contributed by atoms with Gasteiger partial charge in [0.2, 0.25) is 0 Å². The monoisotopic (exact) mass is 309 g/mol. The second-order valence-electron chi connectivity index (χ2n) is 5.38. The zero-order valence-corrected chi connectivity index (χ0v) is 13.5. The lowest BCUT2D eigenvalue weighted by atomic mass is 9.87. The number of aryl methyl sites for hydroxylation is 1. The van der Waals surface area contributed by atoms with Crippen LogP contribution in [-0.2, 0) is 0 Å². The molecular formula is C20H18ClO. The van der Waals surface area contributed by atoms with Gasteiger partial charge in [0.25, 0.3) is 0 Å². The van der Waals surface area contributed by atoms with Crippen molar-refractivity contribution in [1.29, 1.82) is 0 Å². The van der Waals surface area contributed by atoms with Crippen molar-refractivity contribution in [2.75, 3.05) is 7.11 Å². The van der Waals surface area contributed by atoms with Crippen LogP contribution in [0.4, 0.5) is 0 Å². The lowest BCUT2D eigenvalue weighted by molar-refractivity contribution is 0.415. The smallest absolute Gasteiger partial charge is 0.118 e. The van der Waals surface area contributed by atoms with E-state index in [0.717, 1.165) is 28.3 Å². The van der Waals surface area contributed by atoms with E-state index in [4.69, 9.17) is 16.3 Å². The van der Waals surface area contributed by atoms with Crippen LogP contribution in [0.15, 0.2) is 59.6 Å². The summed E-state index contributed by atoms with van der Waals surface area (Å²) >= 11 is 6.52. The lowest BCUT2D eigenvalue weighted by Crippen LogP contribution is -1.99. The van der Waals surface area contributed by atoms with Crippen molar-refractivity contribution in [1.82, 2.24) is 0 Å². The van der Waals surface area contributed by atoms with E-state index >= 15 is 0 Å². The first-order valence-electron chi connectivity index (χ1n) is 7.34. The molecule has 22 heavy (non-hydrogen) atoms. The molecule has 0 heterocycles. The molecule has 0 fully saturated rings. The number of rotatable bonds is 3. The van der Waals surface area contributed by atoms with E-state index in [2.05, 4.69) is 55.8 Å². The molecule has 2 aromatic carbocycles. The predicted octanol–water partition coefficient (Wildman–Crippen LogP) is 5.65. The van der Waals surface area contributed by atoms with Crippen LogP contribution in [0.3, 0.4) is 0 Å². The minimum Gasteiger partial charge on any atom is -0.497 e. The quantitative estimate of drug-likeness (QED) is 0.712. The van der Waals surface area contributed by atoms with E-state index in [9.17, 15) is 0 Å². The molecular weight excluding hydrogens is 292 g/mol. The number of hydrogen-bond donors (Lipinski definition) is 0. The van der Waals surface area contributed by atoms with Crippen LogP contribution in [0.1, 0.15) is 23.1 Å². The van der Waals surface area contributed by atoms with Gasteiger partial charge in [0, 0.05) is 17.0 Å². The Hall–Kier alpha value is -1.99. The maximum atomic E-state index is 6.52. The molecule has 0 saturated heterocycles. The van der Waals surface area contributed by atoms with E-state index in [1.807, 2.05) is 12.1 Å². The second kappa shape index (κ2) is 6.41. The van der Waals surface area contributed by atoms with E-state index in [1.54, 1.807) is 7.11 Å². The second-order valence-corrected chi connectivity index (χ2v) is 5.78. The molecule has 0 unspecified atom stereocenters. The van der Waals surface area contributed by atoms with E-state index in [1.165, 1.54) is 16.7 Å². The van der Waals surface area contributed by atoms with Crippen LogP contribution in [0.2, 0.25) is 0 Å². The fourth-order valence-electron chi connectivity index (χ4n) is 2.66. The largest absolute Gasteiger partial charge is 0.497 e. The zero-order chi connectivity index (χ0) is 15.5. The van der Waals surface area contributed by atoms with Crippen molar-refractivity contribution in [3.05, 3.63) is 82.8 Å². The molecule has 111 valence electrons. The Kier molecular flexibility index (Phi) is 4.35. The standard InChI is InChI=1S/C20H18ClO/c1-14-6-8-15(9-7-14)18-4-3-5-19(21)20(18)16-10-12-17(22-2)13-11-16/h4-13H,3H2,1-2H3. The minimum absolute atomic E-state index is 0.809. The molecule has 1 radical (unpaired) electrons. The van der Waals surface area contributed by atoms with Gasteiger partial charge in [-0.1, -0.05) is 59.6 Å². The van der Waals surface area contributed by atoms with Gasteiger partial charge in [-0.25, -0.2) is 0 Å². The van der Waals surface area contributed by atoms with Gasteiger partial charge in [-0.05, 0) is 42.2 Å². The molecule has 0 amide bonds. The number of methoxy groups -OCH3 is 1. The van der Waals surface area contributed by atoms with Crippen molar-refractivity contribution in [3.63, 3.8) is 0 Å². The number of hydrogen-bond acceptors (Lipinski definition) is 1. The summed E-state index contributed by atoms with van der Waals surface area (Å²) < 4.78 is 5.24. The van der Waals surface area contributed by atoms with Gasteiger partial charge in [0.1, 0.15) is 5.75 Å². The Morgan fingerprint density at radius 1 is 0.909 bits per heavy atom. The highest BCUT2D eigenvalue weighted by Gasteiger charge is 2.18. The maximum absolute atomic E-state index is 6.52. The average molecular weight is 310 g/mol. The summed E-state index contributed by atoms with van der Waals surface area (Å²) in [6.45, 7) is 2.10. The summed E-state index contributed by atoms with van der Waals surface area (Å²) in [5.41, 5.74) is 5.83. The highest BCUT2D eigenvalue weighted by molar-refractivity contribution is 6.37. The molecule has 0 aliphatic heterocycles. The molecule has 1 aliphatic rings. The Bertz CT molecular complexity index is 721. The number of halogens is 1. The lowest BCUT2D eigenvalue weighted by Gasteiger charge is -2.20. The van der Waals surface area contributed by atoms with Crippen LogP contribution in [0, 0.1) is 13.3 Å². The summed E-state index contributed by atoms with van der Waals surface area (Å²) in [7, 11) is 1.67. The summed E-state index contributed by atoms with van der Waals surface area (Å²) in [6.07, 6.45) is 5.15. The third-order valence-corrected chi connectivity index (χ3v) is 4.21. The van der Waals surface area contributed by atoms with Gasteiger partial charge in [-0.15, -0.1) is 0 Å². The fourth-order valence-corrected chi connectivity index (χ4v) is 2.96. The molecule has 0 N–H and O–H groups in total. The molecule has 0 atom stereocenters. The first kappa shape index (κ1) is 14.9. The molecule has 1 aliphatic carbocycles. The molecule has 2 heteroatoms. The zero-order valence-electron chi connectivity index (χ0n) is 12.8. The van der Waals surface area contributed by atoms with Crippen molar-refractivity contribution in [2.24, 2.45) is 0 Å². The first-order chi connectivity index (χ1) is 10.7. The third-order valence-electron chi connectivity index (χ3n) is 3.87. The van der Waals surface area contributed by atoms with Gasteiger partial charge in [-0.3, -0.25) is 0 Å². The van der Waals surface area contributed by atoms with Crippen LogP contribution < -0.4 is 4.74 Å². The fraction of sp³-hybridized carbons (Fsp3) is 0.150. The van der Waals surface area contributed by atoms with E-state index < -0.39 is 0 Å². The number of allylic oxidation sites excluding steroid dienone is 4. The van der Waals surface area contributed by atoms with Crippen molar-refractivity contribution in [3.8, 4) is 5.75 Å². The highest BCUT2D eigenvalue weighted by atomic mass is 35.5. The molecule has 0 bridgehead atoms. The molecule has 2 aromatic rings. The predicted molar refractivity (Wildman–Crippen MR) is 93.8 cm³/mol. The van der Waals surface area contributed by atoms with Crippen LogP contribution in [-0.4, -0.2) is 7.11 Å². The normalized spacial score (nSPS) is 14.8. The van der Waals surface area contributed by atoms with Gasteiger partial charge in [-0.2, -0.15) is 0 Å². The van der Waals surface area contributed by atoms with Gasteiger partial charge >= 0.3 is 0 Å². The Morgan fingerprint density at radius 3 is 2.18 bits per heavy atom. The van der Waals surface area contributed by atoms with Gasteiger partial charge in [0.15, 0.2) is 0 Å². The Morgan fingerprint density at radius 2 is 1.55 bits per heavy atom. The molecule has 1 nitrogen and oxygen atoms in total. The third kappa shape index (κ3) is 2.95. The van der Waals surface area contributed by atoms with Crippen molar-refractivity contribution < 1.29 is 4.74 Å². The topological polar surface area (TPSA) is 9.23 Å². The summed E-state index contributed by atoms with van der Waals surface area (Å²) in [5, 5.41) is 0.809. The van der Waals surface area contributed by atoms with Crippen molar-refractivity contribution in [2.45, 2.75) is 13.3 Å². The first-order valence-corrected chi connectivity index (χ1v) is 7.72. The molecule has 3 rings (SSSR count). The minimum atomic E-state index is 0.809. The molecule has 0 aromatic heterocycles. The summed E-state index contributed by atoms with van der Waals surface area (Å²) in [4.78, 5) is 0. The molecule has 0 saturated carbocycles. The maximum Gasteiger partial charge on any atom is 0.118 e. The molecule has 0 spiro atoms. The average Bonchev–Trinajstić information content (AvgIpc) is 2.55. The van der Waals surface area contributed by atoms with E-state index in [-0.39, 0.29) is 0 Å². The highest BCUT2D eigenvalue weighted by Crippen LogP contribution is 2.40. The van der Waals surface area contributed by atoms with E-state index in [0.29, 0.717) is 0 Å². The summed E-state index contributed by atoms with van der Waals surface area (Å²) in [6, 6.07) is 16.6.